The summed E-state index contributed by atoms with van der Waals surface area (Å²) >= 11 is 3.34. The molecule has 2 N–H and O–H groups in total. The van der Waals surface area contributed by atoms with Crippen LogP contribution in [0.1, 0.15) is 43.2 Å². The predicted octanol–water partition coefficient (Wildman–Crippen LogP) is 4.78. The van der Waals surface area contributed by atoms with E-state index in [1.54, 1.807) is 0 Å². The second-order valence-electron chi connectivity index (χ2n) is 8.06. The minimum atomic E-state index is -0.402. The molecular weight excluding hydrogens is 456 g/mol. The minimum Gasteiger partial charge on any atom is -0.446 e. The normalized spacial score (nSPS) is 15.8. The predicted molar refractivity (Wildman–Crippen MR) is 126 cm³/mol. The lowest BCUT2D eigenvalue weighted by Gasteiger charge is -2.29. The van der Waals surface area contributed by atoms with Gasteiger partial charge in [-0.1, -0.05) is 76.6 Å². The van der Waals surface area contributed by atoms with E-state index in [-0.39, 0.29) is 24.1 Å². The van der Waals surface area contributed by atoms with Gasteiger partial charge in [0.15, 0.2) is 0 Å². The van der Waals surface area contributed by atoms with Gasteiger partial charge in [-0.05, 0) is 49.7 Å². The average Bonchev–Trinajstić information content (AvgIpc) is 3.27. The zero-order valence-corrected chi connectivity index (χ0v) is 19.4. The van der Waals surface area contributed by atoms with Gasteiger partial charge in [0.25, 0.3) is 0 Å². The van der Waals surface area contributed by atoms with Crippen molar-refractivity contribution in [3.8, 4) is 0 Å². The van der Waals surface area contributed by atoms with E-state index in [0.717, 1.165) is 36.8 Å². The number of hydrogen-bond donors (Lipinski definition) is 2. The van der Waals surface area contributed by atoms with Crippen molar-refractivity contribution in [3.05, 3.63) is 71.8 Å². The van der Waals surface area contributed by atoms with Crippen LogP contribution in [0.25, 0.3) is 0 Å². The highest BCUT2D eigenvalue weighted by atomic mass is 79.9. The third-order valence-electron chi connectivity index (χ3n) is 5.63. The lowest BCUT2D eigenvalue weighted by molar-refractivity contribution is -0.121. The lowest BCUT2D eigenvalue weighted by atomic mass is 9.94. The van der Waals surface area contributed by atoms with E-state index >= 15 is 0 Å². The number of rotatable bonds is 10. The van der Waals surface area contributed by atoms with Crippen LogP contribution in [0.4, 0.5) is 4.79 Å². The fraction of sp³-hybridized carbons (Fsp3) is 0.440. The number of carbonyl (C=O) groups is 2. The lowest BCUT2D eigenvalue weighted by Crippen LogP contribution is -2.54. The summed E-state index contributed by atoms with van der Waals surface area (Å²) in [5, 5.41) is 6.81. The topological polar surface area (TPSA) is 67.4 Å². The first-order valence-corrected chi connectivity index (χ1v) is 12.2. The number of ether oxygens (including phenoxy) is 1. The van der Waals surface area contributed by atoms with Crippen LogP contribution in [0.2, 0.25) is 0 Å². The zero-order chi connectivity index (χ0) is 21.9. The first kappa shape index (κ1) is 23.3. The van der Waals surface area contributed by atoms with Crippen molar-refractivity contribution in [2.45, 2.75) is 63.1 Å². The van der Waals surface area contributed by atoms with Crippen molar-refractivity contribution in [2.75, 3.05) is 5.33 Å². The molecule has 1 aliphatic rings. The van der Waals surface area contributed by atoms with Crippen molar-refractivity contribution in [1.82, 2.24) is 10.6 Å². The second kappa shape index (κ2) is 12.5. The Balaban J connectivity index is 1.78. The molecule has 0 bridgehead atoms. The standard InChI is InChI=1S/C25H31BrN2O3/c26-16-15-24(29)27-22(17-19-9-3-1-4-10-19)23(18-20-11-5-2-6-12-20)28-25(30)31-21-13-7-8-14-21/h1-6,9-12,21-23H,7-8,13-18H2,(H,27,29)(H,28,30)/t22-,23-/m0/s1. The molecule has 0 aliphatic heterocycles. The first-order chi connectivity index (χ1) is 15.1. The maximum absolute atomic E-state index is 12.7. The smallest absolute Gasteiger partial charge is 0.407 e. The van der Waals surface area contributed by atoms with E-state index in [1.807, 2.05) is 60.7 Å². The zero-order valence-electron chi connectivity index (χ0n) is 17.8. The van der Waals surface area contributed by atoms with Crippen molar-refractivity contribution >= 4 is 27.9 Å². The summed E-state index contributed by atoms with van der Waals surface area (Å²) in [7, 11) is 0. The highest BCUT2D eigenvalue weighted by molar-refractivity contribution is 9.09. The number of halogens is 1. The van der Waals surface area contributed by atoms with Gasteiger partial charge in [0.05, 0.1) is 12.1 Å². The van der Waals surface area contributed by atoms with E-state index in [0.29, 0.717) is 24.6 Å². The molecule has 166 valence electrons. The number of hydrogen-bond acceptors (Lipinski definition) is 3. The molecule has 2 aromatic rings. The molecule has 0 unspecified atom stereocenters. The number of benzene rings is 2. The molecule has 3 rings (SSSR count). The Hall–Kier alpha value is -2.34. The number of alkyl halides is 1. The van der Waals surface area contributed by atoms with Crippen LogP contribution in [0.15, 0.2) is 60.7 Å². The second-order valence-corrected chi connectivity index (χ2v) is 8.85. The summed E-state index contributed by atoms with van der Waals surface area (Å²) in [4.78, 5) is 25.2. The Morgan fingerprint density at radius 3 is 1.90 bits per heavy atom. The van der Waals surface area contributed by atoms with Gasteiger partial charge in [0.1, 0.15) is 6.10 Å². The van der Waals surface area contributed by atoms with Gasteiger partial charge >= 0.3 is 6.09 Å². The van der Waals surface area contributed by atoms with Gasteiger partial charge in [0.2, 0.25) is 5.91 Å². The molecule has 1 saturated carbocycles. The number of alkyl carbamates (subject to hydrolysis) is 1. The first-order valence-electron chi connectivity index (χ1n) is 11.0. The molecule has 31 heavy (non-hydrogen) atoms. The summed E-state index contributed by atoms with van der Waals surface area (Å²) in [6.45, 7) is 0. The summed E-state index contributed by atoms with van der Waals surface area (Å²) in [5.74, 6) is -0.0400. The van der Waals surface area contributed by atoms with Crippen molar-refractivity contribution < 1.29 is 14.3 Å². The van der Waals surface area contributed by atoms with Gasteiger partial charge in [0, 0.05) is 11.8 Å². The fourth-order valence-corrected chi connectivity index (χ4v) is 4.39. The molecule has 0 spiro atoms. The Morgan fingerprint density at radius 2 is 1.39 bits per heavy atom. The highest BCUT2D eigenvalue weighted by Gasteiger charge is 2.28. The average molecular weight is 487 g/mol. The van der Waals surface area contributed by atoms with E-state index in [2.05, 4.69) is 26.6 Å². The SMILES string of the molecule is O=C(CCBr)N[C@@H](Cc1ccccc1)[C@H](Cc1ccccc1)NC(=O)OC1CCCC1. The molecule has 1 aliphatic carbocycles. The third kappa shape index (κ3) is 8.02. The number of carbonyl (C=O) groups excluding carboxylic acids is 2. The van der Waals surface area contributed by atoms with Gasteiger partial charge in [-0.25, -0.2) is 4.79 Å². The van der Waals surface area contributed by atoms with Crippen LogP contribution in [-0.4, -0.2) is 35.5 Å². The van der Waals surface area contributed by atoms with E-state index in [4.69, 9.17) is 4.74 Å². The highest BCUT2D eigenvalue weighted by Crippen LogP contribution is 2.21. The van der Waals surface area contributed by atoms with Gasteiger partial charge in [-0.15, -0.1) is 0 Å². The van der Waals surface area contributed by atoms with Crippen LogP contribution in [-0.2, 0) is 22.4 Å². The Kier molecular flexibility index (Phi) is 9.40. The summed E-state index contributed by atoms with van der Waals surface area (Å²) < 4.78 is 5.66. The molecular formula is C25H31BrN2O3. The Morgan fingerprint density at radius 1 is 0.871 bits per heavy atom. The van der Waals surface area contributed by atoms with E-state index in [1.165, 1.54) is 0 Å². The Labute approximate surface area is 193 Å². The van der Waals surface area contributed by atoms with Gasteiger partial charge in [-0.2, -0.15) is 0 Å². The maximum Gasteiger partial charge on any atom is 0.407 e. The van der Waals surface area contributed by atoms with Crippen LogP contribution in [0.3, 0.4) is 0 Å². The third-order valence-corrected chi connectivity index (χ3v) is 6.03. The van der Waals surface area contributed by atoms with Gasteiger partial charge < -0.3 is 15.4 Å². The van der Waals surface area contributed by atoms with E-state index < -0.39 is 6.09 Å². The number of amides is 2. The summed E-state index contributed by atoms with van der Waals surface area (Å²) in [6, 6.07) is 19.5. The fourth-order valence-electron chi connectivity index (χ4n) is 4.03. The van der Waals surface area contributed by atoms with Gasteiger partial charge in [-0.3, -0.25) is 4.79 Å². The Bertz CT molecular complexity index is 810. The monoisotopic (exact) mass is 486 g/mol. The number of nitrogens with one attached hydrogen (secondary N) is 2. The molecule has 0 heterocycles. The van der Waals surface area contributed by atoms with E-state index in [9.17, 15) is 9.59 Å². The quantitative estimate of drug-likeness (QED) is 0.474. The van der Waals surface area contributed by atoms with Crippen molar-refractivity contribution in [1.29, 1.82) is 0 Å². The van der Waals surface area contributed by atoms with Crippen molar-refractivity contribution in [3.63, 3.8) is 0 Å². The molecule has 0 aromatic heterocycles. The molecule has 5 nitrogen and oxygen atoms in total. The van der Waals surface area contributed by atoms with Crippen LogP contribution in [0.5, 0.6) is 0 Å². The van der Waals surface area contributed by atoms with Crippen LogP contribution in [0, 0.1) is 0 Å². The minimum absolute atomic E-state index is 0.00654. The summed E-state index contributed by atoms with van der Waals surface area (Å²) in [6.07, 6.45) is 5.25. The van der Waals surface area contributed by atoms with Crippen molar-refractivity contribution in [2.24, 2.45) is 0 Å². The van der Waals surface area contributed by atoms with Crippen LogP contribution < -0.4 is 10.6 Å². The molecule has 2 aromatic carbocycles. The largest absolute Gasteiger partial charge is 0.446 e. The summed E-state index contributed by atoms with van der Waals surface area (Å²) in [5.41, 5.74) is 2.21. The maximum atomic E-state index is 12.7. The molecule has 2 atom stereocenters. The molecule has 6 heteroatoms. The van der Waals surface area contributed by atoms with Crippen LogP contribution >= 0.6 is 15.9 Å². The molecule has 0 saturated heterocycles. The molecule has 1 fully saturated rings. The molecule has 2 amide bonds. The molecule has 0 radical (unpaired) electrons.